The van der Waals surface area contributed by atoms with E-state index in [2.05, 4.69) is 10.9 Å². The van der Waals surface area contributed by atoms with Crippen LogP contribution in [0, 0.1) is 0 Å². The SMILES string of the molecule is COc1cccc(OC)c1C1C=CNN1. The predicted molar refractivity (Wildman–Crippen MR) is 57.7 cm³/mol. The lowest BCUT2D eigenvalue weighted by molar-refractivity contribution is 0.378. The first-order valence-corrected chi connectivity index (χ1v) is 4.75. The van der Waals surface area contributed by atoms with Gasteiger partial charge in [0.15, 0.2) is 0 Å². The number of rotatable bonds is 3. The maximum Gasteiger partial charge on any atom is 0.127 e. The molecule has 0 amide bonds. The zero-order chi connectivity index (χ0) is 10.7. The minimum absolute atomic E-state index is 0.0797. The molecule has 1 aromatic rings. The molecule has 80 valence electrons. The molecule has 0 saturated carbocycles. The quantitative estimate of drug-likeness (QED) is 0.783. The van der Waals surface area contributed by atoms with Gasteiger partial charge < -0.3 is 14.9 Å². The topological polar surface area (TPSA) is 42.5 Å². The highest BCUT2D eigenvalue weighted by molar-refractivity contribution is 5.48. The van der Waals surface area contributed by atoms with Crippen molar-refractivity contribution in [3.05, 3.63) is 36.0 Å². The van der Waals surface area contributed by atoms with E-state index in [1.54, 1.807) is 14.2 Å². The Morgan fingerprint density at radius 2 is 1.80 bits per heavy atom. The largest absolute Gasteiger partial charge is 0.496 e. The van der Waals surface area contributed by atoms with E-state index in [1.165, 1.54) is 0 Å². The zero-order valence-electron chi connectivity index (χ0n) is 8.78. The van der Waals surface area contributed by atoms with E-state index in [-0.39, 0.29) is 6.04 Å². The molecule has 1 aliphatic heterocycles. The Hall–Kier alpha value is -1.68. The summed E-state index contributed by atoms with van der Waals surface area (Å²) in [6.45, 7) is 0. The predicted octanol–water partition coefficient (Wildman–Crippen LogP) is 1.37. The number of hydrogen-bond donors (Lipinski definition) is 2. The Bertz CT molecular complexity index is 355. The van der Waals surface area contributed by atoms with Gasteiger partial charge in [0.2, 0.25) is 0 Å². The summed E-state index contributed by atoms with van der Waals surface area (Å²) in [7, 11) is 3.31. The molecule has 0 fully saturated rings. The lowest BCUT2D eigenvalue weighted by Gasteiger charge is -2.17. The highest BCUT2D eigenvalue weighted by atomic mass is 16.5. The van der Waals surface area contributed by atoms with Gasteiger partial charge in [0.1, 0.15) is 11.5 Å². The number of hydrogen-bond acceptors (Lipinski definition) is 4. The highest BCUT2D eigenvalue weighted by Crippen LogP contribution is 2.34. The van der Waals surface area contributed by atoms with Crippen LogP contribution in [0.2, 0.25) is 0 Å². The lowest BCUT2D eigenvalue weighted by Crippen LogP contribution is -2.24. The van der Waals surface area contributed by atoms with E-state index in [0.29, 0.717) is 0 Å². The third kappa shape index (κ3) is 1.76. The molecule has 0 saturated heterocycles. The highest BCUT2D eigenvalue weighted by Gasteiger charge is 2.20. The lowest BCUT2D eigenvalue weighted by atomic mass is 10.1. The third-order valence-electron chi connectivity index (χ3n) is 2.39. The van der Waals surface area contributed by atoms with Crippen LogP contribution >= 0.6 is 0 Å². The minimum atomic E-state index is 0.0797. The van der Waals surface area contributed by atoms with Gasteiger partial charge in [-0.05, 0) is 18.2 Å². The van der Waals surface area contributed by atoms with E-state index >= 15 is 0 Å². The fourth-order valence-electron chi connectivity index (χ4n) is 1.69. The molecular formula is C11H14N2O2. The van der Waals surface area contributed by atoms with Crippen LogP contribution in [0.1, 0.15) is 11.6 Å². The van der Waals surface area contributed by atoms with Crippen LogP contribution in [0.4, 0.5) is 0 Å². The van der Waals surface area contributed by atoms with Crippen molar-refractivity contribution in [2.24, 2.45) is 0 Å². The summed E-state index contributed by atoms with van der Waals surface area (Å²) in [6.07, 6.45) is 3.87. The normalized spacial score (nSPS) is 18.7. The number of nitrogens with one attached hydrogen (secondary N) is 2. The molecule has 0 radical (unpaired) electrons. The number of ether oxygens (including phenoxy) is 2. The number of hydrazine groups is 1. The molecule has 1 aliphatic rings. The van der Waals surface area contributed by atoms with E-state index in [1.807, 2.05) is 30.5 Å². The summed E-state index contributed by atoms with van der Waals surface area (Å²) < 4.78 is 10.6. The van der Waals surface area contributed by atoms with Crippen molar-refractivity contribution in [1.82, 2.24) is 10.9 Å². The summed E-state index contributed by atoms with van der Waals surface area (Å²) in [5, 5.41) is 0. The van der Waals surface area contributed by atoms with Crippen LogP contribution in [0.3, 0.4) is 0 Å². The average molecular weight is 206 g/mol. The Labute approximate surface area is 88.9 Å². The van der Waals surface area contributed by atoms with Gasteiger partial charge in [-0.25, -0.2) is 5.43 Å². The molecule has 1 aromatic carbocycles. The maximum atomic E-state index is 5.32. The third-order valence-corrected chi connectivity index (χ3v) is 2.39. The van der Waals surface area contributed by atoms with Gasteiger partial charge in [0, 0.05) is 6.20 Å². The Morgan fingerprint density at radius 3 is 2.27 bits per heavy atom. The van der Waals surface area contributed by atoms with Crippen molar-refractivity contribution >= 4 is 0 Å². The molecule has 1 unspecified atom stereocenters. The summed E-state index contributed by atoms with van der Waals surface area (Å²) >= 11 is 0. The van der Waals surface area contributed by atoms with Crippen LogP contribution in [-0.4, -0.2) is 14.2 Å². The second-order valence-electron chi connectivity index (χ2n) is 3.20. The van der Waals surface area contributed by atoms with Gasteiger partial charge in [0.05, 0.1) is 25.8 Å². The van der Waals surface area contributed by atoms with Crippen LogP contribution in [0.15, 0.2) is 30.5 Å². The Balaban J connectivity index is 2.44. The van der Waals surface area contributed by atoms with E-state index in [0.717, 1.165) is 17.1 Å². The summed E-state index contributed by atoms with van der Waals surface area (Å²) in [5.41, 5.74) is 7.04. The number of benzene rings is 1. The monoisotopic (exact) mass is 206 g/mol. The van der Waals surface area contributed by atoms with Crippen molar-refractivity contribution < 1.29 is 9.47 Å². The van der Waals surface area contributed by atoms with Crippen LogP contribution < -0.4 is 20.3 Å². The molecule has 0 bridgehead atoms. The molecule has 0 aliphatic carbocycles. The van der Waals surface area contributed by atoms with Crippen molar-refractivity contribution in [3.8, 4) is 11.5 Å². The van der Waals surface area contributed by atoms with Gasteiger partial charge >= 0.3 is 0 Å². The van der Waals surface area contributed by atoms with Gasteiger partial charge in [0.25, 0.3) is 0 Å². The minimum Gasteiger partial charge on any atom is -0.496 e. The van der Waals surface area contributed by atoms with E-state index in [9.17, 15) is 0 Å². The first-order chi connectivity index (χ1) is 7.36. The van der Waals surface area contributed by atoms with E-state index in [4.69, 9.17) is 9.47 Å². The van der Waals surface area contributed by atoms with Gasteiger partial charge in [-0.2, -0.15) is 0 Å². The van der Waals surface area contributed by atoms with Gasteiger partial charge in [-0.3, -0.25) is 0 Å². The first kappa shape index (κ1) is 9.86. The Morgan fingerprint density at radius 1 is 1.13 bits per heavy atom. The van der Waals surface area contributed by atoms with Crippen molar-refractivity contribution in [1.29, 1.82) is 0 Å². The van der Waals surface area contributed by atoms with E-state index < -0.39 is 0 Å². The molecule has 0 spiro atoms. The van der Waals surface area contributed by atoms with Crippen molar-refractivity contribution in [3.63, 3.8) is 0 Å². The second kappa shape index (κ2) is 4.23. The van der Waals surface area contributed by atoms with Crippen molar-refractivity contribution in [2.75, 3.05) is 14.2 Å². The second-order valence-corrected chi connectivity index (χ2v) is 3.20. The zero-order valence-corrected chi connectivity index (χ0v) is 8.78. The molecule has 4 heteroatoms. The van der Waals surface area contributed by atoms with Crippen LogP contribution in [0.25, 0.3) is 0 Å². The molecule has 15 heavy (non-hydrogen) atoms. The van der Waals surface area contributed by atoms with Gasteiger partial charge in [-0.1, -0.05) is 6.07 Å². The molecule has 1 heterocycles. The summed E-state index contributed by atoms with van der Waals surface area (Å²) in [6, 6.07) is 5.83. The molecule has 0 aromatic heterocycles. The van der Waals surface area contributed by atoms with Crippen LogP contribution in [0.5, 0.6) is 11.5 Å². The standard InChI is InChI=1S/C11H14N2O2/c1-14-9-4-3-5-10(15-2)11(9)8-6-7-12-13-8/h3-8,12-13H,1-2H3. The summed E-state index contributed by atoms with van der Waals surface area (Å²) in [5.74, 6) is 1.64. The maximum absolute atomic E-state index is 5.32. The molecule has 2 N–H and O–H groups in total. The molecule has 4 nitrogen and oxygen atoms in total. The first-order valence-electron chi connectivity index (χ1n) is 4.75. The number of methoxy groups -OCH3 is 2. The fraction of sp³-hybridized carbons (Fsp3) is 0.273. The molecular weight excluding hydrogens is 192 g/mol. The average Bonchev–Trinajstić information content (AvgIpc) is 2.81. The summed E-state index contributed by atoms with van der Waals surface area (Å²) in [4.78, 5) is 0. The Kier molecular flexibility index (Phi) is 2.78. The van der Waals surface area contributed by atoms with Crippen molar-refractivity contribution in [2.45, 2.75) is 6.04 Å². The molecule has 1 atom stereocenters. The fourth-order valence-corrected chi connectivity index (χ4v) is 1.69. The smallest absolute Gasteiger partial charge is 0.127 e. The van der Waals surface area contributed by atoms with Crippen LogP contribution in [-0.2, 0) is 0 Å². The molecule has 2 rings (SSSR count). The van der Waals surface area contributed by atoms with Gasteiger partial charge in [-0.15, -0.1) is 0 Å².